The van der Waals surface area contributed by atoms with Gasteiger partial charge < -0.3 is 19.7 Å². The van der Waals surface area contributed by atoms with Crippen LogP contribution in [0.5, 0.6) is 11.5 Å². The van der Waals surface area contributed by atoms with Crippen LogP contribution in [-0.4, -0.2) is 31.1 Å². The third kappa shape index (κ3) is 4.57. The summed E-state index contributed by atoms with van der Waals surface area (Å²) in [6.45, 7) is 3.88. The van der Waals surface area contributed by atoms with Gasteiger partial charge in [0.2, 0.25) is 5.91 Å². The van der Waals surface area contributed by atoms with Crippen LogP contribution in [0.2, 0.25) is 5.02 Å². The normalized spacial score (nSPS) is 14.9. The Kier molecular flexibility index (Phi) is 5.79. The van der Waals surface area contributed by atoms with E-state index in [-0.39, 0.29) is 11.8 Å². The summed E-state index contributed by atoms with van der Waals surface area (Å²) in [4.78, 5) is 26.0. The van der Waals surface area contributed by atoms with Gasteiger partial charge in [-0.05, 0) is 56.7 Å². The molecule has 2 aromatic carbocycles. The van der Waals surface area contributed by atoms with Crippen LogP contribution in [0.3, 0.4) is 0 Å². The Morgan fingerprint density at radius 1 is 1.21 bits per heavy atom. The van der Waals surface area contributed by atoms with Crippen LogP contribution in [0.15, 0.2) is 42.5 Å². The van der Waals surface area contributed by atoms with Gasteiger partial charge in [0.1, 0.15) is 11.5 Å². The number of hydrogen-bond acceptors (Lipinski definition) is 4. The topological polar surface area (TPSA) is 67.9 Å². The predicted octanol–water partition coefficient (Wildman–Crippen LogP) is 4.27. The molecule has 6 nitrogen and oxygen atoms in total. The van der Waals surface area contributed by atoms with Crippen LogP contribution < -0.4 is 19.7 Å². The molecule has 1 N–H and O–H groups in total. The number of hydrogen-bond donors (Lipinski definition) is 1. The lowest BCUT2D eigenvalue weighted by Gasteiger charge is -2.37. The molecule has 0 aliphatic carbocycles. The molecule has 1 aliphatic heterocycles. The fourth-order valence-corrected chi connectivity index (χ4v) is 3.09. The first-order valence-corrected chi connectivity index (χ1v) is 9.43. The van der Waals surface area contributed by atoms with Crippen molar-refractivity contribution in [3.63, 3.8) is 0 Å². The van der Waals surface area contributed by atoms with Crippen LogP contribution in [0, 0.1) is 0 Å². The number of likely N-dealkylation sites (N-methyl/N-ethyl adjacent to an activating group) is 1. The Bertz CT molecular complexity index is 880. The SMILES string of the molecule is CN1C(=O)C(C)(C)Oc2cc(NC(=O)CCCOc3ccc(Cl)cc3)ccc21. The first-order valence-electron chi connectivity index (χ1n) is 9.06. The van der Waals surface area contributed by atoms with E-state index in [9.17, 15) is 9.59 Å². The van der Waals surface area contributed by atoms with Crippen molar-refractivity contribution in [2.45, 2.75) is 32.3 Å². The molecule has 2 aromatic rings. The average molecular weight is 403 g/mol. The van der Waals surface area contributed by atoms with Crippen LogP contribution in [0.1, 0.15) is 26.7 Å². The highest BCUT2D eigenvalue weighted by Crippen LogP contribution is 2.38. The van der Waals surface area contributed by atoms with E-state index in [1.54, 1.807) is 68.3 Å². The zero-order valence-electron chi connectivity index (χ0n) is 16.1. The molecule has 0 spiro atoms. The zero-order valence-corrected chi connectivity index (χ0v) is 16.9. The number of rotatable bonds is 6. The minimum absolute atomic E-state index is 0.112. The summed E-state index contributed by atoms with van der Waals surface area (Å²) in [6.07, 6.45) is 0.912. The minimum atomic E-state index is -0.941. The summed E-state index contributed by atoms with van der Waals surface area (Å²) < 4.78 is 11.4. The number of amides is 2. The Labute approximate surface area is 169 Å². The van der Waals surface area contributed by atoms with Crippen molar-refractivity contribution in [3.05, 3.63) is 47.5 Å². The van der Waals surface area contributed by atoms with Gasteiger partial charge >= 0.3 is 0 Å². The second-order valence-corrected chi connectivity index (χ2v) is 7.55. The van der Waals surface area contributed by atoms with Crippen molar-refractivity contribution in [2.75, 3.05) is 23.9 Å². The number of carbonyl (C=O) groups excluding carboxylic acids is 2. The zero-order chi connectivity index (χ0) is 20.3. The molecular weight excluding hydrogens is 380 g/mol. The maximum atomic E-state index is 12.3. The largest absolute Gasteiger partial charge is 0.494 e. The second kappa shape index (κ2) is 8.10. The van der Waals surface area contributed by atoms with E-state index >= 15 is 0 Å². The minimum Gasteiger partial charge on any atom is -0.494 e. The summed E-state index contributed by atoms with van der Waals surface area (Å²) >= 11 is 5.83. The molecule has 1 heterocycles. The Balaban J connectivity index is 1.52. The molecule has 148 valence electrons. The number of ether oxygens (including phenoxy) is 2. The van der Waals surface area contributed by atoms with Crippen molar-refractivity contribution >= 4 is 34.8 Å². The van der Waals surface area contributed by atoms with E-state index in [0.29, 0.717) is 41.6 Å². The number of nitrogens with one attached hydrogen (secondary N) is 1. The van der Waals surface area contributed by atoms with Gasteiger partial charge in [0.25, 0.3) is 5.91 Å². The molecule has 0 fully saturated rings. The number of nitrogens with zero attached hydrogens (tertiary/aromatic N) is 1. The lowest BCUT2D eigenvalue weighted by Crippen LogP contribution is -2.50. The van der Waals surface area contributed by atoms with Gasteiger partial charge in [0.05, 0.1) is 12.3 Å². The molecule has 0 atom stereocenters. The first kappa shape index (κ1) is 20.0. The number of fused-ring (bicyclic) bond motifs is 1. The van der Waals surface area contributed by atoms with Crippen molar-refractivity contribution in [1.82, 2.24) is 0 Å². The van der Waals surface area contributed by atoms with Crippen molar-refractivity contribution in [1.29, 1.82) is 0 Å². The molecular formula is C21H23ClN2O4. The quantitative estimate of drug-likeness (QED) is 0.732. The average Bonchev–Trinajstić information content (AvgIpc) is 2.64. The molecule has 2 amide bonds. The molecule has 0 radical (unpaired) electrons. The molecule has 0 aromatic heterocycles. The molecule has 0 saturated heterocycles. The smallest absolute Gasteiger partial charge is 0.270 e. The van der Waals surface area contributed by atoms with Gasteiger partial charge in [-0.25, -0.2) is 0 Å². The fraction of sp³-hybridized carbons (Fsp3) is 0.333. The third-order valence-electron chi connectivity index (χ3n) is 4.42. The second-order valence-electron chi connectivity index (χ2n) is 7.11. The lowest BCUT2D eigenvalue weighted by atomic mass is 10.0. The van der Waals surface area contributed by atoms with Crippen molar-refractivity contribution < 1.29 is 19.1 Å². The standard InChI is InChI=1S/C21H23ClN2O4/c1-21(2)20(26)24(3)17-11-8-15(13-18(17)28-21)23-19(25)5-4-12-27-16-9-6-14(22)7-10-16/h6-11,13H,4-5,12H2,1-3H3,(H,23,25). The fourth-order valence-electron chi connectivity index (χ4n) is 2.96. The van der Waals surface area contributed by atoms with Crippen LogP contribution >= 0.6 is 11.6 Å². The van der Waals surface area contributed by atoms with Crippen molar-refractivity contribution in [3.8, 4) is 11.5 Å². The Morgan fingerprint density at radius 2 is 1.93 bits per heavy atom. The first-order chi connectivity index (χ1) is 13.3. The van der Waals surface area contributed by atoms with Gasteiger partial charge in [-0.15, -0.1) is 0 Å². The van der Waals surface area contributed by atoms with Crippen molar-refractivity contribution in [2.24, 2.45) is 0 Å². The summed E-state index contributed by atoms with van der Waals surface area (Å²) in [7, 11) is 1.71. The van der Waals surface area contributed by atoms with Gasteiger partial charge in [0, 0.05) is 30.2 Å². The van der Waals surface area contributed by atoms with Gasteiger partial charge in [-0.1, -0.05) is 11.6 Å². The summed E-state index contributed by atoms with van der Waals surface area (Å²) in [6, 6.07) is 12.4. The molecule has 0 unspecified atom stereocenters. The molecule has 7 heteroatoms. The molecule has 28 heavy (non-hydrogen) atoms. The van der Waals surface area contributed by atoms with E-state index in [2.05, 4.69) is 5.32 Å². The number of anilines is 2. The summed E-state index contributed by atoms with van der Waals surface area (Å²) in [5.74, 6) is 1.06. The molecule has 0 saturated carbocycles. The Morgan fingerprint density at radius 3 is 2.64 bits per heavy atom. The van der Waals surface area contributed by atoms with E-state index in [1.165, 1.54) is 0 Å². The monoisotopic (exact) mass is 402 g/mol. The summed E-state index contributed by atoms with van der Waals surface area (Å²) in [5, 5.41) is 3.51. The van der Waals surface area contributed by atoms with Crippen LogP contribution in [-0.2, 0) is 9.59 Å². The van der Waals surface area contributed by atoms with E-state index in [0.717, 1.165) is 5.75 Å². The van der Waals surface area contributed by atoms with Gasteiger partial charge in [-0.2, -0.15) is 0 Å². The van der Waals surface area contributed by atoms with E-state index in [4.69, 9.17) is 21.1 Å². The number of halogens is 1. The maximum absolute atomic E-state index is 12.3. The molecule has 1 aliphatic rings. The molecule has 3 rings (SSSR count). The molecule has 0 bridgehead atoms. The third-order valence-corrected chi connectivity index (χ3v) is 4.67. The highest BCUT2D eigenvalue weighted by Gasteiger charge is 2.39. The lowest BCUT2D eigenvalue weighted by molar-refractivity contribution is -0.132. The van der Waals surface area contributed by atoms with Crippen LogP contribution in [0.4, 0.5) is 11.4 Å². The highest BCUT2D eigenvalue weighted by atomic mass is 35.5. The predicted molar refractivity (Wildman–Crippen MR) is 109 cm³/mol. The number of benzene rings is 2. The summed E-state index contributed by atoms with van der Waals surface area (Å²) in [5.41, 5.74) is 0.364. The van der Waals surface area contributed by atoms with Crippen LogP contribution in [0.25, 0.3) is 0 Å². The maximum Gasteiger partial charge on any atom is 0.270 e. The number of carbonyl (C=O) groups is 2. The van der Waals surface area contributed by atoms with E-state index in [1.807, 2.05) is 0 Å². The van der Waals surface area contributed by atoms with Gasteiger partial charge in [0.15, 0.2) is 5.60 Å². The van der Waals surface area contributed by atoms with Gasteiger partial charge in [-0.3, -0.25) is 9.59 Å². The highest BCUT2D eigenvalue weighted by molar-refractivity contribution is 6.30. The Hall–Kier alpha value is -2.73. The van der Waals surface area contributed by atoms with E-state index < -0.39 is 5.60 Å².